The maximum absolute atomic E-state index is 12.2. The predicted octanol–water partition coefficient (Wildman–Crippen LogP) is 1.40. The molecule has 0 aliphatic carbocycles. The normalized spacial score (nSPS) is 11.0. The predicted molar refractivity (Wildman–Crippen MR) is 79.8 cm³/mol. The molecule has 0 amide bonds. The zero-order valence-electron chi connectivity index (χ0n) is 11.8. The van der Waals surface area contributed by atoms with E-state index < -0.39 is 0 Å². The highest BCUT2D eigenvalue weighted by Gasteiger charge is 2.15. The molecule has 0 saturated heterocycles. The number of imidazole rings is 1. The topological polar surface area (TPSA) is 98.8 Å². The van der Waals surface area contributed by atoms with Crippen LogP contribution in [0.25, 0.3) is 16.9 Å². The fourth-order valence-corrected chi connectivity index (χ4v) is 2.26. The van der Waals surface area contributed by atoms with Gasteiger partial charge < -0.3 is 15.5 Å². The quantitative estimate of drug-likeness (QED) is 0.757. The Balaban J connectivity index is 2.27. The fourth-order valence-electron chi connectivity index (χ4n) is 2.26. The summed E-state index contributed by atoms with van der Waals surface area (Å²) in [7, 11) is 0. The number of aromatic amines is 1. The summed E-state index contributed by atoms with van der Waals surface area (Å²) in [5.74, 6) is 1.41. The standard InChI is InChI=1S/C14H15N5O2/c1-3-21-10-6-4-5-9(7-10)19-11-12(18-14(19)15)16-8(2)17-13(11)20/h4-7H,3H2,1-2H3,(H3,15,16,17,18,20). The van der Waals surface area contributed by atoms with Crippen LogP contribution >= 0.6 is 0 Å². The van der Waals surface area contributed by atoms with Crippen LogP contribution in [0.3, 0.4) is 0 Å². The average molecular weight is 285 g/mol. The molecule has 1 aromatic carbocycles. The lowest BCUT2D eigenvalue weighted by molar-refractivity contribution is 0.340. The Morgan fingerprint density at radius 3 is 2.95 bits per heavy atom. The van der Waals surface area contributed by atoms with Crippen LogP contribution in [0.4, 0.5) is 5.95 Å². The average Bonchev–Trinajstić information content (AvgIpc) is 2.75. The zero-order valence-corrected chi connectivity index (χ0v) is 11.8. The minimum absolute atomic E-state index is 0.210. The highest BCUT2D eigenvalue weighted by atomic mass is 16.5. The molecule has 3 aromatic rings. The van der Waals surface area contributed by atoms with Gasteiger partial charge in [-0.1, -0.05) is 6.07 Å². The molecular weight excluding hydrogens is 270 g/mol. The van der Waals surface area contributed by atoms with Crippen molar-refractivity contribution in [2.75, 3.05) is 12.3 Å². The molecule has 7 heteroatoms. The summed E-state index contributed by atoms with van der Waals surface area (Å²) in [4.78, 5) is 23.2. The van der Waals surface area contributed by atoms with Crippen LogP contribution in [0.2, 0.25) is 0 Å². The number of rotatable bonds is 3. The Morgan fingerprint density at radius 2 is 2.19 bits per heavy atom. The molecular formula is C14H15N5O2. The maximum Gasteiger partial charge on any atom is 0.277 e. The molecule has 0 aliphatic rings. The van der Waals surface area contributed by atoms with Crippen molar-refractivity contribution in [2.24, 2.45) is 0 Å². The zero-order chi connectivity index (χ0) is 15.0. The number of aryl methyl sites for hydroxylation is 1. The third-order valence-electron chi connectivity index (χ3n) is 3.05. The van der Waals surface area contributed by atoms with Crippen molar-refractivity contribution in [1.29, 1.82) is 0 Å². The SMILES string of the molecule is CCOc1cccc(-n2c(N)nc3nc(C)[nH]c(=O)c32)c1. The van der Waals surface area contributed by atoms with E-state index in [9.17, 15) is 4.79 Å². The number of benzene rings is 1. The molecule has 108 valence electrons. The van der Waals surface area contributed by atoms with E-state index in [1.165, 1.54) is 0 Å². The number of nitrogen functional groups attached to an aromatic ring is 1. The monoisotopic (exact) mass is 285 g/mol. The number of nitrogens with two attached hydrogens (primary N) is 1. The highest BCUT2D eigenvalue weighted by molar-refractivity contribution is 5.76. The van der Waals surface area contributed by atoms with Crippen molar-refractivity contribution >= 4 is 17.1 Å². The number of fused-ring (bicyclic) bond motifs is 1. The molecule has 3 rings (SSSR count). The maximum atomic E-state index is 12.2. The molecule has 0 radical (unpaired) electrons. The van der Waals surface area contributed by atoms with Crippen LogP contribution in [0, 0.1) is 6.92 Å². The molecule has 3 N–H and O–H groups in total. The lowest BCUT2D eigenvalue weighted by Crippen LogP contribution is -2.13. The number of hydrogen-bond acceptors (Lipinski definition) is 5. The van der Waals surface area contributed by atoms with E-state index in [0.29, 0.717) is 35.0 Å². The molecule has 0 unspecified atom stereocenters. The third kappa shape index (κ3) is 2.22. The summed E-state index contributed by atoms with van der Waals surface area (Å²) >= 11 is 0. The van der Waals surface area contributed by atoms with Gasteiger partial charge in [-0.05, 0) is 26.0 Å². The molecule has 0 saturated carbocycles. The van der Waals surface area contributed by atoms with Gasteiger partial charge in [0.1, 0.15) is 11.6 Å². The first-order valence-electron chi connectivity index (χ1n) is 6.58. The Labute approximate surface area is 120 Å². The van der Waals surface area contributed by atoms with Gasteiger partial charge in [0.05, 0.1) is 12.3 Å². The fraction of sp³-hybridized carbons (Fsp3) is 0.214. The van der Waals surface area contributed by atoms with Gasteiger partial charge in [0.15, 0.2) is 11.2 Å². The van der Waals surface area contributed by atoms with Gasteiger partial charge in [0.25, 0.3) is 5.56 Å². The summed E-state index contributed by atoms with van der Waals surface area (Å²) in [5.41, 5.74) is 7.03. The number of nitrogens with one attached hydrogen (secondary N) is 1. The first-order chi connectivity index (χ1) is 10.1. The highest BCUT2D eigenvalue weighted by Crippen LogP contribution is 2.22. The molecule has 2 aromatic heterocycles. The Kier molecular flexibility index (Phi) is 3.09. The Hall–Kier alpha value is -2.83. The summed E-state index contributed by atoms with van der Waals surface area (Å²) in [6.07, 6.45) is 0. The van der Waals surface area contributed by atoms with Gasteiger partial charge in [-0.25, -0.2) is 4.98 Å². The van der Waals surface area contributed by atoms with E-state index in [1.807, 2.05) is 25.1 Å². The second kappa shape index (κ2) is 4.93. The lowest BCUT2D eigenvalue weighted by Gasteiger charge is -2.08. The molecule has 2 heterocycles. The van der Waals surface area contributed by atoms with Crippen molar-refractivity contribution in [3.63, 3.8) is 0 Å². The molecule has 0 spiro atoms. The summed E-state index contributed by atoms with van der Waals surface area (Å²) in [6.45, 7) is 4.17. The Bertz CT molecular complexity index is 865. The molecule has 0 aliphatic heterocycles. The van der Waals surface area contributed by atoms with E-state index in [1.54, 1.807) is 17.6 Å². The minimum atomic E-state index is -0.275. The third-order valence-corrected chi connectivity index (χ3v) is 3.05. The lowest BCUT2D eigenvalue weighted by atomic mass is 10.3. The number of aromatic nitrogens is 4. The summed E-state index contributed by atoms with van der Waals surface area (Å²) < 4.78 is 7.04. The molecule has 0 atom stereocenters. The van der Waals surface area contributed by atoms with Gasteiger partial charge >= 0.3 is 0 Å². The van der Waals surface area contributed by atoms with Crippen molar-refractivity contribution < 1.29 is 4.74 Å². The van der Waals surface area contributed by atoms with Crippen LogP contribution in [0.15, 0.2) is 29.1 Å². The number of anilines is 1. The molecule has 0 bridgehead atoms. The number of H-pyrrole nitrogens is 1. The van der Waals surface area contributed by atoms with E-state index >= 15 is 0 Å². The number of ether oxygens (including phenoxy) is 1. The van der Waals surface area contributed by atoms with E-state index in [4.69, 9.17) is 10.5 Å². The molecule has 0 fully saturated rings. The molecule has 21 heavy (non-hydrogen) atoms. The van der Waals surface area contributed by atoms with E-state index in [-0.39, 0.29) is 11.5 Å². The summed E-state index contributed by atoms with van der Waals surface area (Å²) in [6, 6.07) is 7.32. The van der Waals surface area contributed by atoms with Gasteiger partial charge in [0, 0.05) is 6.07 Å². The van der Waals surface area contributed by atoms with Gasteiger partial charge in [-0.2, -0.15) is 4.98 Å². The first-order valence-corrected chi connectivity index (χ1v) is 6.58. The number of nitrogens with zero attached hydrogens (tertiary/aromatic N) is 3. The van der Waals surface area contributed by atoms with Crippen molar-refractivity contribution in [2.45, 2.75) is 13.8 Å². The second-order valence-electron chi connectivity index (χ2n) is 4.56. The van der Waals surface area contributed by atoms with Crippen LogP contribution < -0.4 is 16.0 Å². The first kappa shape index (κ1) is 13.2. The van der Waals surface area contributed by atoms with E-state index in [0.717, 1.165) is 0 Å². The van der Waals surface area contributed by atoms with E-state index in [2.05, 4.69) is 15.0 Å². The number of hydrogen-bond donors (Lipinski definition) is 2. The van der Waals surface area contributed by atoms with Gasteiger partial charge in [-0.3, -0.25) is 9.36 Å². The largest absolute Gasteiger partial charge is 0.494 e. The Morgan fingerprint density at radius 1 is 1.38 bits per heavy atom. The van der Waals surface area contributed by atoms with Crippen LogP contribution in [-0.2, 0) is 0 Å². The van der Waals surface area contributed by atoms with Gasteiger partial charge in [-0.15, -0.1) is 0 Å². The van der Waals surface area contributed by atoms with Crippen LogP contribution in [0.5, 0.6) is 5.75 Å². The van der Waals surface area contributed by atoms with Crippen molar-refractivity contribution in [3.8, 4) is 11.4 Å². The van der Waals surface area contributed by atoms with Crippen LogP contribution in [-0.4, -0.2) is 26.1 Å². The van der Waals surface area contributed by atoms with Crippen molar-refractivity contribution in [1.82, 2.24) is 19.5 Å². The summed E-state index contributed by atoms with van der Waals surface area (Å²) in [5, 5.41) is 0. The van der Waals surface area contributed by atoms with Crippen LogP contribution in [0.1, 0.15) is 12.7 Å². The van der Waals surface area contributed by atoms with Gasteiger partial charge in [0.2, 0.25) is 5.95 Å². The smallest absolute Gasteiger partial charge is 0.277 e. The minimum Gasteiger partial charge on any atom is -0.494 e. The second-order valence-corrected chi connectivity index (χ2v) is 4.56. The molecule has 7 nitrogen and oxygen atoms in total. The van der Waals surface area contributed by atoms with Crippen molar-refractivity contribution in [3.05, 3.63) is 40.4 Å².